The van der Waals surface area contributed by atoms with E-state index in [-0.39, 0.29) is 12.0 Å². The summed E-state index contributed by atoms with van der Waals surface area (Å²) < 4.78 is 17.5. The van der Waals surface area contributed by atoms with E-state index in [4.69, 9.17) is 14.2 Å². The first-order valence-electron chi connectivity index (χ1n) is 9.16. The number of para-hydroxylation sites is 2. The van der Waals surface area contributed by atoms with Gasteiger partial charge in [-0.2, -0.15) is 0 Å². The van der Waals surface area contributed by atoms with Crippen LogP contribution in [-0.4, -0.2) is 57.8 Å². The average Bonchev–Trinajstić information content (AvgIpc) is 2.72. The van der Waals surface area contributed by atoms with Gasteiger partial charge in [0, 0.05) is 19.2 Å². The Balaban J connectivity index is 1.76. The number of amides is 1. The van der Waals surface area contributed by atoms with Crippen molar-refractivity contribution in [1.29, 1.82) is 0 Å². The zero-order chi connectivity index (χ0) is 20.3. The lowest BCUT2D eigenvalue weighted by molar-refractivity contribution is 0.0709. The Morgan fingerprint density at radius 3 is 2.50 bits per heavy atom. The average molecular weight is 449 g/mol. The molecule has 0 aromatic heterocycles. The van der Waals surface area contributed by atoms with Crippen LogP contribution in [0.3, 0.4) is 0 Å². The highest BCUT2D eigenvalue weighted by molar-refractivity contribution is 9.10. The third kappa shape index (κ3) is 4.04. The lowest BCUT2D eigenvalue weighted by atomic mass is 10.1. The molecule has 0 unspecified atom stereocenters. The minimum Gasteiger partial charge on any atom is -0.495 e. The Kier molecular flexibility index (Phi) is 6.34. The van der Waals surface area contributed by atoms with Crippen LogP contribution < -0.4 is 19.1 Å². The van der Waals surface area contributed by atoms with Gasteiger partial charge in [0.1, 0.15) is 27.8 Å². The van der Waals surface area contributed by atoms with Crippen molar-refractivity contribution in [3.05, 3.63) is 46.4 Å². The molecule has 0 N–H and O–H groups in total. The van der Waals surface area contributed by atoms with E-state index < -0.39 is 0 Å². The molecule has 0 saturated carbocycles. The van der Waals surface area contributed by atoms with Gasteiger partial charge in [-0.05, 0) is 47.1 Å². The van der Waals surface area contributed by atoms with Crippen LogP contribution in [0, 0.1) is 0 Å². The summed E-state index contributed by atoms with van der Waals surface area (Å²) in [7, 11) is 4.90. The van der Waals surface area contributed by atoms with Crippen LogP contribution in [0.4, 0.5) is 5.69 Å². The first-order valence-corrected chi connectivity index (χ1v) is 9.95. The van der Waals surface area contributed by atoms with Crippen LogP contribution in [0.5, 0.6) is 17.2 Å². The van der Waals surface area contributed by atoms with E-state index in [0.29, 0.717) is 28.1 Å². The molecule has 1 heterocycles. The first-order chi connectivity index (χ1) is 13.5. The summed E-state index contributed by atoms with van der Waals surface area (Å²) >= 11 is 3.43. The molecule has 28 heavy (non-hydrogen) atoms. The van der Waals surface area contributed by atoms with Crippen LogP contribution in [-0.2, 0) is 0 Å². The fourth-order valence-electron chi connectivity index (χ4n) is 3.38. The number of ether oxygens (including phenoxy) is 3. The van der Waals surface area contributed by atoms with Crippen molar-refractivity contribution in [2.75, 3.05) is 45.8 Å². The Morgan fingerprint density at radius 1 is 1.25 bits per heavy atom. The van der Waals surface area contributed by atoms with Crippen LogP contribution in [0.25, 0.3) is 0 Å². The predicted molar refractivity (Wildman–Crippen MR) is 113 cm³/mol. The van der Waals surface area contributed by atoms with Gasteiger partial charge in [-0.25, -0.2) is 0 Å². The molecule has 0 bridgehead atoms. The lowest BCUT2D eigenvalue weighted by Crippen LogP contribution is -2.46. The number of rotatable bonds is 6. The number of carbonyl (C=O) groups is 1. The first kappa shape index (κ1) is 20.3. The van der Waals surface area contributed by atoms with Crippen molar-refractivity contribution < 1.29 is 19.0 Å². The summed E-state index contributed by atoms with van der Waals surface area (Å²) in [5.41, 5.74) is 1.60. The zero-order valence-corrected chi connectivity index (χ0v) is 18.2. The van der Waals surface area contributed by atoms with Gasteiger partial charge in [-0.15, -0.1) is 0 Å². The van der Waals surface area contributed by atoms with Gasteiger partial charge < -0.3 is 24.0 Å². The number of nitrogens with zero attached hydrogens (tertiary/aromatic N) is 2. The molecule has 0 saturated heterocycles. The molecule has 6 nitrogen and oxygen atoms in total. The van der Waals surface area contributed by atoms with Crippen molar-refractivity contribution >= 4 is 27.5 Å². The second kappa shape index (κ2) is 8.73. The molecule has 2 aromatic carbocycles. The molecular formula is C21H25BrN2O4. The molecule has 1 amide bonds. The molecule has 0 radical (unpaired) electrons. The second-order valence-corrected chi connectivity index (χ2v) is 7.42. The summed E-state index contributed by atoms with van der Waals surface area (Å²) in [6.07, 6.45) is -0.108. The van der Waals surface area contributed by atoms with Crippen molar-refractivity contribution in [1.82, 2.24) is 4.90 Å². The lowest BCUT2D eigenvalue weighted by Gasteiger charge is -2.37. The summed E-state index contributed by atoms with van der Waals surface area (Å²) in [6.45, 7) is 4.21. The van der Waals surface area contributed by atoms with E-state index in [0.717, 1.165) is 24.5 Å². The van der Waals surface area contributed by atoms with E-state index in [1.807, 2.05) is 18.2 Å². The van der Waals surface area contributed by atoms with Crippen molar-refractivity contribution in [2.24, 2.45) is 0 Å². The summed E-state index contributed by atoms with van der Waals surface area (Å²) in [5, 5.41) is 0. The van der Waals surface area contributed by atoms with Gasteiger partial charge >= 0.3 is 0 Å². The number of carbonyl (C=O) groups excluding carboxylic acids is 1. The highest BCUT2D eigenvalue weighted by atomic mass is 79.9. The summed E-state index contributed by atoms with van der Waals surface area (Å²) in [4.78, 5) is 16.9. The van der Waals surface area contributed by atoms with Gasteiger partial charge in [0.25, 0.3) is 5.91 Å². The number of hydrogen-bond donors (Lipinski definition) is 0. The van der Waals surface area contributed by atoms with Gasteiger partial charge in [0.15, 0.2) is 0 Å². The Hall–Kier alpha value is -2.41. The zero-order valence-electron chi connectivity index (χ0n) is 16.6. The monoisotopic (exact) mass is 448 g/mol. The van der Waals surface area contributed by atoms with Crippen LogP contribution in [0.2, 0.25) is 0 Å². The molecule has 0 fully saturated rings. The maximum Gasteiger partial charge on any atom is 0.254 e. The second-order valence-electron chi connectivity index (χ2n) is 6.63. The highest BCUT2D eigenvalue weighted by Gasteiger charge is 2.27. The largest absolute Gasteiger partial charge is 0.495 e. The number of fused-ring (bicyclic) bond motifs is 1. The van der Waals surface area contributed by atoms with E-state index in [2.05, 4.69) is 33.8 Å². The summed E-state index contributed by atoms with van der Waals surface area (Å²) in [6, 6.07) is 11.4. The number of methoxy groups -OCH3 is 2. The van der Waals surface area contributed by atoms with E-state index >= 15 is 0 Å². The number of anilines is 1. The molecule has 150 valence electrons. The van der Waals surface area contributed by atoms with Crippen LogP contribution in [0.15, 0.2) is 40.9 Å². The van der Waals surface area contributed by atoms with Crippen molar-refractivity contribution in [3.63, 3.8) is 0 Å². The minimum atomic E-state index is -0.116. The maximum absolute atomic E-state index is 13.0. The molecule has 1 aliphatic heterocycles. The normalized spacial score (nSPS) is 15.5. The Bertz CT molecular complexity index is 833. The molecule has 1 aliphatic rings. The molecule has 2 aromatic rings. The summed E-state index contributed by atoms with van der Waals surface area (Å²) in [5.74, 6) is 1.84. The molecule has 0 aliphatic carbocycles. The van der Waals surface area contributed by atoms with Gasteiger partial charge in [-0.3, -0.25) is 4.79 Å². The molecule has 0 spiro atoms. The predicted octanol–water partition coefficient (Wildman–Crippen LogP) is 3.83. The van der Waals surface area contributed by atoms with Gasteiger partial charge in [0.2, 0.25) is 0 Å². The SMILES string of the molecule is CCN1C[C@@H](CN(C)C(=O)c2cc(OC)c(Br)c(OC)c2)Oc2ccccc21. The third-order valence-corrected chi connectivity index (χ3v) is 5.60. The fourth-order valence-corrected chi connectivity index (χ4v) is 3.93. The number of likely N-dealkylation sites (N-methyl/N-ethyl adjacent to an activating group) is 2. The Morgan fingerprint density at radius 2 is 1.89 bits per heavy atom. The molecular weight excluding hydrogens is 424 g/mol. The third-order valence-electron chi connectivity index (χ3n) is 4.82. The quantitative estimate of drug-likeness (QED) is 0.671. The van der Waals surface area contributed by atoms with Crippen LogP contribution >= 0.6 is 15.9 Å². The van der Waals surface area contributed by atoms with E-state index in [1.54, 1.807) is 38.3 Å². The van der Waals surface area contributed by atoms with E-state index in [1.165, 1.54) is 0 Å². The smallest absolute Gasteiger partial charge is 0.254 e. The van der Waals surface area contributed by atoms with Crippen molar-refractivity contribution in [3.8, 4) is 17.2 Å². The fraction of sp³-hybridized carbons (Fsp3) is 0.381. The molecule has 3 rings (SSSR count). The molecule has 7 heteroatoms. The standard InChI is InChI=1S/C21H25BrN2O4/c1-5-24-13-15(28-17-9-7-6-8-16(17)24)12-23(2)21(25)14-10-18(26-3)20(22)19(11-14)27-4/h6-11,15H,5,12-13H2,1-4H3/t15-/m1/s1. The Labute approximate surface area is 174 Å². The van der Waals surface area contributed by atoms with Gasteiger partial charge in [-0.1, -0.05) is 12.1 Å². The number of hydrogen-bond acceptors (Lipinski definition) is 5. The number of halogens is 1. The minimum absolute atomic E-state index is 0.108. The van der Waals surface area contributed by atoms with E-state index in [9.17, 15) is 4.79 Å². The molecule has 1 atom stereocenters. The maximum atomic E-state index is 13.0. The van der Waals surface area contributed by atoms with Crippen LogP contribution in [0.1, 0.15) is 17.3 Å². The number of benzene rings is 2. The topological polar surface area (TPSA) is 51.2 Å². The van der Waals surface area contributed by atoms with Gasteiger partial charge in [0.05, 0.1) is 33.0 Å². The highest BCUT2D eigenvalue weighted by Crippen LogP contribution is 2.36. The van der Waals surface area contributed by atoms with Crippen molar-refractivity contribution in [2.45, 2.75) is 13.0 Å².